The Morgan fingerprint density at radius 1 is 1.22 bits per heavy atom. The molecule has 0 fully saturated rings. The summed E-state index contributed by atoms with van der Waals surface area (Å²) in [5.41, 5.74) is -0.333. The van der Waals surface area contributed by atoms with Crippen molar-refractivity contribution >= 4 is 34.3 Å². The predicted octanol–water partition coefficient (Wildman–Crippen LogP) is 2.21. The maximum absolute atomic E-state index is 12.5. The number of nitrogens with one attached hydrogen (secondary N) is 1. The SMILES string of the molecule is O=C(Cn1cnc2ccc([N+](=O)[O-])cc2c1=O)NCCSc1ccccc1. The topological polar surface area (TPSA) is 107 Å². The van der Waals surface area contributed by atoms with E-state index in [-0.39, 0.29) is 23.5 Å². The molecule has 3 rings (SSSR count). The highest BCUT2D eigenvalue weighted by Gasteiger charge is 2.12. The zero-order chi connectivity index (χ0) is 19.2. The van der Waals surface area contributed by atoms with Crippen LogP contribution < -0.4 is 10.9 Å². The summed E-state index contributed by atoms with van der Waals surface area (Å²) >= 11 is 1.62. The van der Waals surface area contributed by atoms with E-state index in [9.17, 15) is 19.7 Å². The summed E-state index contributed by atoms with van der Waals surface area (Å²) in [5, 5.41) is 13.7. The number of hydrogen-bond acceptors (Lipinski definition) is 6. The van der Waals surface area contributed by atoms with E-state index in [0.717, 1.165) is 9.46 Å². The van der Waals surface area contributed by atoms with Gasteiger partial charge in [-0.25, -0.2) is 4.98 Å². The van der Waals surface area contributed by atoms with Crippen LogP contribution in [0.2, 0.25) is 0 Å². The predicted molar refractivity (Wildman–Crippen MR) is 103 cm³/mol. The third-order valence-corrected chi connectivity index (χ3v) is 4.78. The van der Waals surface area contributed by atoms with E-state index in [2.05, 4.69) is 10.3 Å². The molecule has 0 radical (unpaired) electrons. The van der Waals surface area contributed by atoms with E-state index >= 15 is 0 Å². The van der Waals surface area contributed by atoms with Gasteiger partial charge in [-0.3, -0.25) is 24.3 Å². The first-order valence-electron chi connectivity index (χ1n) is 8.13. The minimum Gasteiger partial charge on any atom is -0.354 e. The van der Waals surface area contributed by atoms with Gasteiger partial charge in [-0.2, -0.15) is 0 Å². The number of aromatic nitrogens is 2. The molecule has 0 aliphatic rings. The molecule has 0 aliphatic carbocycles. The second kappa shape index (κ2) is 8.45. The van der Waals surface area contributed by atoms with Crippen molar-refractivity contribution in [2.24, 2.45) is 0 Å². The molecule has 9 heteroatoms. The van der Waals surface area contributed by atoms with Gasteiger partial charge < -0.3 is 5.32 Å². The standard InChI is InChI=1S/C18H16N4O4S/c23-17(19-8-9-27-14-4-2-1-3-5-14)11-21-12-20-16-7-6-13(22(25)26)10-15(16)18(21)24/h1-7,10,12H,8-9,11H2,(H,19,23). The molecule has 27 heavy (non-hydrogen) atoms. The van der Waals surface area contributed by atoms with Crippen LogP contribution in [0.15, 0.2) is 64.5 Å². The van der Waals surface area contributed by atoms with Crippen LogP contribution in [-0.2, 0) is 11.3 Å². The monoisotopic (exact) mass is 384 g/mol. The number of thioether (sulfide) groups is 1. The van der Waals surface area contributed by atoms with Crippen LogP contribution in [-0.4, -0.2) is 32.7 Å². The highest BCUT2D eigenvalue weighted by molar-refractivity contribution is 7.99. The lowest BCUT2D eigenvalue weighted by atomic mass is 10.2. The van der Waals surface area contributed by atoms with Gasteiger partial charge in [-0.05, 0) is 18.2 Å². The second-order valence-electron chi connectivity index (χ2n) is 5.65. The summed E-state index contributed by atoms with van der Waals surface area (Å²) in [6.45, 7) is 0.264. The second-order valence-corrected chi connectivity index (χ2v) is 6.82. The Bertz CT molecular complexity index is 1040. The van der Waals surface area contributed by atoms with Crippen LogP contribution in [0.1, 0.15) is 0 Å². The van der Waals surface area contributed by atoms with E-state index in [1.807, 2.05) is 30.3 Å². The molecule has 3 aromatic rings. The number of hydrogen-bond donors (Lipinski definition) is 1. The summed E-state index contributed by atoms with van der Waals surface area (Å²) < 4.78 is 1.14. The molecule has 1 aromatic heterocycles. The highest BCUT2D eigenvalue weighted by atomic mass is 32.2. The number of carbonyl (C=O) groups excluding carboxylic acids is 1. The summed E-state index contributed by atoms with van der Waals surface area (Å²) in [6.07, 6.45) is 1.27. The Morgan fingerprint density at radius 3 is 2.74 bits per heavy atom. The molecule has 0 saturated carbocycles. The molecular formula is C18H16N4O4S. The lowest BCUT2D eigenvalue weighted by Gasteiger charge is -2.08. The highest BCUT2D eigenvalue weighted by Crippen LogP contribution is 2.16. The van der Waals surface area contributed by atoms with Crippen molar-refractivity contribution in [1.82, 2.24) is 14.9 Å². The molecule has 0 spiro atoms. The molecule has 138 valence electrons. The summed E-state index contributed by atoms with van der Waals surface area (Å²) in [5.74, 6) is 0.379. The fourth-order valence-electron chi connectivity index (χ4n) is 2.46. The number of benzene rings is 2. The molecule has 0 saturated heterocycles. The summed E-state index contributed by atoms with van der Waals surface area (Å²) in [7, 11) is 0. The van der Waals surface area contributed by atoms with Gasteiger partial charge in [0.25, 0.3) is 11.2 Å². The van der Waals surface area contributed by atoms with Gasteiger partial charge in [-0.1, -0.05) is 18.2 Å². The van der Waals surface area contributed by atoms with Gasteiger partial charge in [0, 0.05) is 29.3 Å². The Hall–Kier alpha value is -3.20. The third-order valence-electron chi connectivity index (χ3n) is 3.77. The average molecular weight is 384 g/mol. The molecule has 0 bridgehead atoms. The normalized spacial score (nSPS) is 10.7. The van der Waals surface area contributed by atoms with Crippen molar-refractivity contribution in [3.8, 4) is 0 Å². The van der Waals surface area contributed by atoms with Crippen molar-refractivity contribution in [3.63, 3.8) is 0 Å². The minimum atomic E-state index is -0.576. The van der Waals surface area contributed by atoms with Crippen molar-refractivity contribution in [1.29, 1.82) is 0 Å². The molecule has 0 aliphatic heterocycles. The number of nitro groups is 1. The van der Waals surface area contributed by atoms with E-state index in [1.165, 1.54) is 24.5 Å². The van der Waals surface area contributed by atoms with Crippen LogP contribution in [0.4, 0.5) is 5.69 Å². The number of carbonyl (C=O) groups is 1. The van der Waals surface area contributed by atoms with Crippen molar-refractivity contribution in [2.45, 2.75) is 11.4 Å². The quantitative estimate of drug-likeness (QED) is 0.290. The first-order chi connectivity index (χ1) is 13.0. The largest absolute Gasteiger partial charge is 0.354 e. The fraction of sp³-hybridized carbons (Fsp3) is 0.167. The molecule has 2 aromatic carbocycles. The van der Waals surface area contributed by atoms with Gasteiger partial charge in [0.1, 0.15) is 6.54 Å². The Balaban J connectivity index is 1.61. The van der Waals surface area contributed by atoms with Crippen LogP contribution in [0.5, 0.6) is 0 Å². The third kappa shape index (κ3) is 4.70. The zero-order valence-corrected chi connectivity index (χ0v) is 15.0. The van der Waals surface area contributed by atoms with Crippen molar-refractivity contribution < 1.29 is 9.72 Å². The van der Waals surface area contributed by atoms with Crippen molar-refractivity contribution in [3.05, 3.63) is 75.3 Å². The molecule has 1 amide bonds. The molecular weight excluding hydrogens is 368 g/mol. The number of rotatable bonds is 7. The van der Waals surface area contributed by atoms with Crippen LogP contribution >= 0.6 is 11.8 Å². The average Bonchev–Trinajstić information content (AvgIpc) is 2.68. The number of nitrogens with zero attached hydrogens (tertiary/aromatic N) is 3. The van der Waals surface area contributed by atoms with E-state index in [0.29, 0.717) is 17.8 Å². The number of fused-ring (bicyclic) bond motifs is 1. The van der Waals surface area contributed by atoms with Crippen molar-refractivity contribution in [2.75, 3.05) is 12.3 Å². The lowest BCUT2D eigenvalue weighted by molar-refractivity contribution is -0.384. The van der Waals surface area contributed by atoms with Gasteiger partial charge in [0.15, 0.2) is 0 Å². The number of amides is 1. The zero-order valence-electron chi connectivity index (χ0n) is 14.2. The summed E-state index contributed by atoms with van der Waals surface area (Å²) in [4.78, 5) is 40.0. The van der Waals surface area contributed by atoms with Crippen LogP contribution in [0.25, 0.3) is 10.9 Å². The van der Waals surface area contributed by atoms with Crippen LogP contribution in [0.3, 0.4) is 0 Å². The minimum absolute atomic E-state index is 0.110. The van der Waals surface area contributed by atoms with Gasteiger partial charge >= 0.3 is 0 Å². The maximum Gasteiger partial charge on any atom is 0.270 e. The van der Waals surface area contributed by atoms with Gasteiger partial charge in [0.2, 0.25) is 5.91 Å². The Labute approximate surface area is 158 Å². The lowest BCUT2D eigenvalue weighted by Crippen LogP contribution is -2.33. The Kier molecular flexibility index (Phi) is 5.82. The van der Waals surface area contributed by atoms with E-state index < -0.39 is 10.5 Å². The van der Waals surface area contributed by atoms with Gasteiger partial charge in [0.05, 0.1) is 22.2 Å². The Morgan fingerprint density at radius 2 is 2.00 bits per heavy atom. The van der Waals surface area contributed by atoms with E-state index in [1.54, 1.807) is 11.8 Å². The molecule has 1 heterocycles. The first kappa shape index (κ1) is 18.6. The molecule has 0 atom stereocenters. The van der Waals surface area contributed by atoms with Gasteiger partial charge in [-0.15, -0.1) is 11.8 Å². The number of nitro benzene ring substituents is 1. The smallest absolute Gasteiger partial charge is 0.270 e. The maximum atomic E-state index is 12.5. The van der Waals surface area contributed by atoms with E-state index in [4.69, 9.17) is 0 Å². The summed E-state index contributed by atoms with van der Waals surface area (Å²) in [6, 6.07) is 13.7. The molecule has 1 N–H and O–H groups in total. The first-order valence-corrected chi connectivity index (χ1v) is 9.11. The van der Waals surface area contributed by atoms with Crippen LogP contribution in [0, 0.1) is 10.1 Å². The molecule has 0 unspecified atom stereocenters. The fourth-order valence-corrected chi connectivity index (χ4v) is 3.25. The molecule has 8 nitrogen and oxygen atoms in total. The number of non-ortho nitro benzene ring substituents is 1.